The van der Waals surface area contributed by atoms with E-state index in [9.17, 15) is 18.0 Å². The molecule has 5 rings (SSSR count). The van der Waals surface area contributed by atoms with Crippen LogP contribution in [0.3, 0.4) is 0 Å². The monoisotopic (exact) mass is 647 g/mol. The van der Waals surface area contributed by atoms with Crippen LogP contribution in [-0.2, 0) is 32.6 Å². The molecule has 4 aromatic rings. The van der Waals surface area contributed by atoms with Crippen LogP contribution in [0.4, 0.5) is 10.1 Å². The molecule has 1 fully saturated rings. The first-order valence-electron chi connectivity index (χ1n) is 14.9. The van der Waals surface area contributed by atoms with E-state index in [2.05, 4.69) is 5.32 Å². The number of para-hydroxylation sites is 1. The van der Waals surface area contributed by atoms with Gasteiger partial charge in [-0.15, -0.1) is 0 Å². The van der Waals surface area contributed by atoms with Crippen molar-refractivity contribution in [3.8, 4) is 0 Å². The van der Waals surface area contributed by atoms with E-state index < -0.39 is 34.3 Å². The van der Waals surface area contributed by atoms with Gasteiger partial charge in [-0.1, -0.05) is 97.2 Å². The lowest BCUT2D eigenvalue weighted by molar-refractivity contribution is -0.140. The van der Waals surface area contributed by atoms with Crippen LogP contribution in [0.5, 0.6) is 0 Å². The molecule has 0 heterocycles. The summed E-state index contributed by atoms with van der Waals surface area (Å²) >= 11 is 6.13. The molecular weight excluding hydrogens is 613 g/mol. The number of sulfonamides is 1. The van der Waals surface area contributed by atoms with Gasteiger partial charge in [0.1, 0.15) is 18.4 Å². The standard InChI is InChI=1S/C35H35ClFN3O4S/c36-28-21-19-27(20-22-28)24-39(33(23-26-11-3-1-4-12-26)35(42)38-29-13-7-8-14-29)34(41)25-40(32-18-10-9-17-31(32)37)45(43,44)30-15-5-2-6-16-30/h1-6,9-12,15-22,29,33H,7-8,13-14,23-25H2,(H,38,42). The zero-order chi connectivity index (χ0) is 31.8. The Hall–Kier alpha value is -4.21. The normalized spacial score (nSPS) is 14.1. The molecular formula is C35H35ClFN3O4S. The minimum atomic E-state index is -4.38. The molecule has 10 heteroatoms. The Morgan fingerprint density at radius 3 is 2.07 bits per heavy atom. The molecule has 4 aromatic carbocycles. The summed E-state index contributed by atoms with van der Waals surface area (Å²) in [6, 6.07) is 28.3. The van der Waals surface area contributed by atoms with Crippen molar-refractivity contribution in [1.29, 1.82) is 0 Å². The first-order chi connectivity index (χ1) is 21.7. The Morgan fingerprint density at radius 2 is 1.42 bits per heavy atom. The van der Waals surface area contributed by atoms with Gasteiger partial charge in [-0.05, 0) is 60.4 Å². The van der Waals surface area contributed by atoms with Crippen LogP contribution in [-0.4, -0.2) is 43.8 Å². The molecule has 0 bridgehead atoms. The topological polar surface area (TPSA) is 86.8 Å². The highest BCUT2D eigenvalue weighted by Crippen LogP contribution is 2.27. The predicted octanol–water partition coefficient (Wildman–Crippen LogP) is 6.37. The molecule has 1 aliphatic carbocycles. The minimum absolute atomic E-state index is 0.00207. The third-order valence-corrected chi connectivity index (χ3v) is 10.00. The Morgan fingerprint density at radius 1 is 0.822 bits per heavy atom. The number of carbonyl (C=O) groups excluding carboxylic acids is 2. The molecule has 0 aliphatic heterocycles. The van der Waals surface area contributed by atoms with Gasteiger partial charge >= 0.3 is 0 Å². The Bertz CT molecular complexity index is 1700. The fourth-order valence-electron chi connectivity index (χ4n) is 5.60. The maximum atomic E-state index is 15.2. The van der Waals surface area contributed by atoms with Crippen LogP contribution in [0.1, 0.15) is 36.8 Å². The third kappa shape index (κ3) is 8.09. The minimum Gasteiger partial charge on any atom is -0.352 e. The number of amides is 2. The smallest absolute Gasteiger partial charge is 0.264 e. The summed E-state index contributed by atoms with van der Waals surface area (Å²) < 4.78 is 43.9. The summed E-state index contributed by atoms with van der Waals surface area (Å²) in [6.45, 7) is -0.726. The molecule has 1 aliphatic rings. The second-order valence-corrected chi connectivity index (χ2v) is 13.4. The fourth-order valence-corrected chi connectivity index (χ4v) is 7.16. The summed E-state index contributed by atoms with van der Waals surface area (Å²) in [5.74, 6) is -1.78. The second kappa shape index (κ2) is 14.7. The summed E-state index contributed by atoms with van der Waals surface area (Å²) in [6.07, 6.45) is 3.92. The molecule has 0 aromatic heterocycles. The van der Waals surface area contributed by atoms with E-state index in [1.165, 1.54) is 35.2 Å². The number of halogens is 2. The van der Waals surface area contributed by atoms with Gasteiger partial charge in [0.05, 0.1) is 10.6 Å². The Labute approximate surface area is 268 Å². The summed E-state index contributed by atoms with van der Waals surface area (Å²) in [4.78, 5) is 29.8. The maximum Gasteiger partial charge on any atom is 0.264 e. The van der Waals surface area contributed by atoms with Gasteiger partial charge in [0.15, 0.2) is 0 Å². The van der Waals surface area contributed by atoms with Crippen molar-refractivity contribution in [3.63, 3.8) is 0 Å². The quantitative estimate of drug-likeness (QED) is 0.194. The highest BCUT2D eigenvalue weighted by molar-refractivity contribution is 7.92. The number of hydrogen-bond donors (Lipinski definition) is 1. The van der Waals surface area contributed by atoms with Gasteiger partial charge in [-0.2, -0.15) is 0 Å². The number of rotatable bonds is 12. The highest BCUT2D eigenvalue weighted by Gasteiger charge is 2.36. The molecule has 7 nitrogen and oxygen atoms in total. The highest BCUT2D eigenvalue weighted by atomic mass is 35.5. The van der Waals surface area contributed by atoms with E-state index in [1.54, 1.807) is 42.5 Å². The van der Waals surface area contributed by atoms with Gasteiger partial charge in [0, 0.05) is 24.0 Å². The van der Waals surface area contributed by atoms with Crippen LogP contribution >= 0.6 is 11.6 Å². The average molecular weight is 648 g/mol. The maximum absolute atomic E-state index is 15.2. The second-order valence-electron chi connectivity index (χ2n) is 11.1. The molecule has 45 heavy (non-hydrogen) atoms. The third-order valence-electron chi connectivity index (χ3n) is 7.97. The van der Waals surface area contributed by atoms with Crippen LogP contribution in [0.15, 0.2) is 114 Å². The first kappa shape index (κ1) is 32.2. The zero-order valence-corrected chi connectivity index (χ0v) is 26.3. The Kier molecular flexibility index (Phi) is 10.5. The molecule has 1 atom stereocenters. The number of carbonyl (C=O) groups is 2. The summed E-state index contributed by atoms with van der Waals surface area (Å²) in [5, 5.41) is 3.64. The lowest BCUT2D eigenvalue weighted by Gasteiger charge is -2.34. The van der Waals surface area contributed by atoms with Crippen molar-refractivity contribution in [2.45, 2.75) is 55.6 Å². The molecule has 1 N–H and O–H groups in total. The largest absolute Gasteiger partial charge is 0.352 e. The van der Waals surface area contributed by atoms with E-state index in [4.69, 9.17) is 11.6 Å². The van der Waals surface area contributed by atoms with Gasteiger partial charge in [-0.25, -0.2) is 12.8 Å². The van der Waals surface area contributed by atoms with E-state index >= 15 is 4.39 Å². The lowest BCUT2D eigenvalue weighted by atomic mass is 10.0. The average Bonchev–Trinajstić information content (AvgIpc) is 3.56. The van der Waals surface area contributed by atoms with Crippen LogP contribution in [0, 0.1) is 5.82 Å². The van der Waals surface area contributed by atoms with Crippen LogP contribution < -0.4 is 9.62 Å². The molecule has 1 unspecified atom stereocenters. The SMILES string of the molecule is O=C(NC1CCCC1)C(Cc1ccccc1)N(Cc1ccc(Cl)cc1)C(=O)CN(c1ccccc1F)S(=O)(=O)c1ccccc1. The van der Waals surface area contributed by atoms with Gasteiger partial charge in [0.2, 0.25) is 11.8 Å². The Balaban J connectivity index is 1.56. The molecule has 2 amide bonds. The van der Waals surface area contributed by atoms with Crippen molar-refractivity contribution in [2.24, 2.45) is 0 Å². The number of hydrogen-bond acceptors (Lipinski definition) is 4. The first-order valence-corrected chi connectivity index (χ1v) is 16.7. The molecule has 234 valence electrons. The number of nitrogens with zero attached hydrogens (tertiary/aromatic N) is 2. The van der Waals surface area contributed by atoms with Crippen molar-refractivity contribution in [2.75, 3.05) is 10.8 Å². The van der Waals surface area contributed by atoms with E-state index in [1.807, 2.05) is 30.3 Å². The predicted molar refractivity (Wildman–Crippen MR) is 174 cm³/mol. The fraction of sp³-hybridized carbons (Fsp3) is 0.257. The van der Waals surface area contributed by atoms with E-state index in [-0.39, 0.29) is 35.5 Å². The van der Waals surface area contributed by atoms with Gasteiger partial charge < -0.3 is 10.2 Å². The molecule has 0 radical (unpaired) electrons. The van der Waals surface area contributed by atoms with Gasteiger partial charge in [-0.3, -0.25) is 13.9 Å². The molecule has 1 saturated carbocycles. The molecule has 0 saturated heterocycles. The van der Waals surface area contributed by atoms with Crippen molar-refractivity contribution in [1.82, 2.24) is 10.2 Å². The number of nitrogens with one attached hydrogen (secondary N) is 1. The number of benzene rings is 4. The number of anilines is 1. The zero-order valence-electron chi connectivity index (χ0n) is 24.7. The van der Waals surface area contributed by atoms with E-state index in [0.717, 1.165) is 41.6 Å². The van der Waals surface area contributed by atoms with Crippen LogP contribution in [0.2, 0.25) is 5.02 Å². The van der Waals surface area contributed by atoms with Gasteiger partial charge in [0.25, 0.3) is 10.0 Å². The lowest BCUT2D eigenvalue weighted by Crippen LogP contribution is -2.54. The van der Waals surface area contributed by atoms with Crippen molar-refractivity contribution >= 4 is 39.1 Å². The summed E-state index contributed by atoms with van der Waals surface area (Å²) in [5.41, 5.74) is 1.26. The summed E-state index contributed by atoms with van der Waals surface area (Å²) in [7, 11) is -4.38. The van der Waals surface area contributed by atoms with Crippen molar-refractivity contribution in [3.05, 3.63) is 131 Å². The van der Waals surface area contributed by atoms with Crippen LogP contribution in [0.25, 0.3) is 0 Å². The van der Waals surface area contributed by atoms with Crippen molar-refractivity contribution < 1.29 is 22.4 Å². The molecule has 0 spiro atoms. The van der Waals surface area contributed by atoms with E-state index in [0.29, 0.717) is 10.6 Å².